The standard InChI is InChI=1S/C10H20N4O3/c1-3-14(5-6-15)10-13-12-9(17-10)8-11-4-7-16-2/h11,15H,3-8H2,1-2H3. The van der Waals surface area contributed by atoms with Gasteiger partial charge in [-0.3, -0.25) is 0 Å². The van der Waals surface area contributed by atoms with Gasteiger partial charge in [0.25, 0.3) is 0 Å². The van der Waals surface area contributed by atoms with Crippen molar-refractivity contribution in [2.24, 2.45) is 0 Å². The largest absolute Gasteiger partial charge is 0.407 e. The van der Waals surface area contributed by atoms with Gasteiger partial charge >= 0.3 is 6.01 Å². The highest BCUT2D eigenvalue weighted by Crippen LogP contribution is 2.11. The number of rotatable bonds is 9. The van der Waals surface area contributed by atoms with Crippen LogP contribution in [0.5, 0.6) is 0 Å². The first-order valence-electron chi connectivity index (χ1n) is 5.69. The van der Waals surface area contributed by atoms with Gasteiger partial charge in [-0.1, -0.05) is 5.10 Å². The minimum Gasteiger partial charge on any atom is -0.407 e. The van der Waals surface area contributed by atoms with Gasteiger partial charge in [0, 0.05) is 26.7 Å². The van der Waals surface area contributed by atoms with Gasteiger partial charge < -0.3 is 24.5 Å². The minimum atomic E-state index is 0.0671. The van der Waals surface area contributed by atoms with E-state index in [9.17, 15) is 0 Å². The second-order valence-corrected chi connectivity index (χ2v) is 3.45. The van der Waals surface area contributed by atoms with Gasteiger partial charge in [0.05, 0.1) is 19.8 Å². The van der Waals surface area contributed by atoms with Crippen LogP contribution in [0.1, 0.15) is 12.8 Å². The fourth-order valence-corrected chi connectivity index (χ4v) is 1.32. The average molecular weight is 244 g/mol. The van der Waals surface area contributed by atoms with E-state index in [1.54, 1.807) is 7.11 Å². The lowest BCUT2D eigenvalue weighted by molar-refractivity contribution is 0.198. The second kappa shape index (κ2) is 7.99. The second-order valence-electron chi connectivity index (χ2n) is 3.45. The lowest BCUT2D eigenvalue weighted by atomic mass is 10.5. The summed E-state index contributed by atoms with van der Waals surface area (Å²) in [5.74, 6) is 0.535. The zero-order valence-corrected chi connectivity index (χ0v) is 10.3. The number of methoxy groups -OCH3 is 1. The molecule has 0 radical (unpaired) electrons. The molecular weight excluding hydrogens is 224 g/mol. The molecule has 0 aromatic carbocycles. The van der Waals surface area contributed by atoms with Crippen LogP contribution in [0.15, 0.2) is 4.42 Å². The molecule has 0 amide bonds. The quantitative estimate of drug-likeness (QED) is 0.573. The van der Waals surface area contributed by atoms with Crippen LogP contribution in [-0.4, -0.2) is 55.3 Å². The Bertz CT molecular complexity index is 305. The highest BCUT2D eigenvalue weighted by Gasteiger charge is 2.11. The van der Waals surface area contributed by atoms with E-state index in [4.69, 9.17) is 14.3 Å². The molecule has 0 atom stereocenters. The molecule has 0 saturated heterocycles. The van der Waals surface area contributed by atoms with E-state index in [1.165, 1.54) is 0 Å². The summed E-state index contributed by atoms with van der Waals surface area (Å²) in [4.78, 5) is 1.83. The van der Waals surface area contributed by atoms with Crippen LogP contribution >= 0.6 is 0 Å². The molecule has 0 aliphatic heterocycles. The third-order valence-corrected chi connectivity index (χ3v) is 2.24. The monoisotopic (exact) mass is 244 g/mol. The number of nitrogens with one attached hydrogen (secondary N) is 1. The first-order chi connectivity index (χ1) is 8.31. The Kier molecular flexibility index (Phi) is 6.53. The molecule has 98 valence electrons. The van der Waals surface area contributed by atoms with Crippen LogP contribution in [0, 0.1) is 0 Å². The SMILES string of the molecule is CCN(CCO)c1nnc(CNCCOC)o1. The average Bonchev–Trinajstić information content (AvgIpc) is 2.80. The Balaban J connectivity index is 2.40. The van der Waals surface area contributed by atoms with E-state index >= 15 is 0 Å². The predicted octanol–water partition coefficient (Wildman–Crippen LogP) is -0.376. The number of anilines is 1. The molecule has 0 aliphatic carbocycles. The van der Waals surface area contributed by atoms with Crippen LogP contribution in [0.4, 0.5) is 6.01 Å². The summed E-state index contributed by atoms with van der Waals surface area (Å²) in [6.07, 6.45) is 0. The first-order valence-corrected chi connectivity index (χ1v) is 5.69. The molecule has 1 heterocycles. The smallest absolute Gasteiger partial charge is 0.318 e. The number of aliphatic hydroxyl groups is 1. The maximum Gasteiger partial charge on any atom is 0.318 e. The lowest BCUT2D eigenvalue weighted by Gasteiger charge is -2.15. The Morgan fingerprint density at radius 1 is 1.47 bits per heavy atom. The number of aliphatic hydroxyl groups excluding tert-OH is 1. The molecule has 0 fully saturated rings. The highest BCUT2D eigenvalue weighted by molar-refractivity contribution is 5.23. The van der Waals surface area contributed by atoms with Gasteiger partial charge in [-0.25, -0.2) is 0 Å². The molecular formula is C10H20N4O3. The molecule has 17 heavy (non-hydrogen) atoms. The highest BCUT2D eigenvalue weighted by atomic mass is 16.5. The van der Waals surface area contributed by atoms with Crippen LogP contribution < -0.4 is 10.2 Å². The predicted molar refractivity (Wildman–Crippen MR) is 62.9 cm³/mol. The van der Waals surface area contributed by atoms with E-state index in [0.717, 1.165) is 13.1 Å². The minimum absolute atomic E-state index is 0.0671. The molecule has 7 nitrogen and oxygen atoms in total. The Labute approximate surface area is 101 Å². The van der Waals surface area contributed by atoms with Gasteiger partial charge in [0.15, 0.2) is 0 Å². The molecule has 1 aromatic heterocycles. The Hall–Kier alpha value is -1.18. The molecule has 0 spiro atoms. The summed E-state index contributed by atoms with van der Waals surface area (Å²) in [6, 6.07) is 0.449. The maximum absolute atomic E-state index is 8.88. The van der Waals surface area contributed by atoms with E-state index < -0.39 is 0 Å². The number of aromatic nitrogens is 2. The van der Waals surface area contributed by atoms with Gasteiger partial charge in [-0.05, 0) is 6.92 Å². The lowest BCUT2D eigenvalue weighted by Crippen LogP contribution is -2.26. The van der Waals surface area contributed by atoms with Crippen LogP contribution in [0.25, 0.3) is 0 Å². The molecule has 7 heteroatoms. The van der Waals surface area contributed by atoms with Gasteiger partial charge in [0.1, 0.15) is 0 Å². The van der Waals surface area contributed by atoms with Crippen LogP contribution in [0.3, 0.4) is 0 Å². The number of nitrogens with zero attached hydrogens (tertiary/aromatic N) is 3. The van der Waals surface area contributed by atoms with Crippen molar-refractivity contribution < 1.29 is 14.3 Å². The van der Waals surface area contributed by atoms with E-state index in [2.05, 4.69) is 15.5 Å². The number of hydrogen-bond acceptors (Lipinski definition) is 7. The zero-order chi connectivity index (χ0) is 12.5. The fraction of sp³-hybridized carbons (Fsp3) is 0.800. The zero-order valence-electron chi connectivity index (χ0n) is 10.3. The van der Waals surface area contributed by atoms with Crippen molar-refractivity contribution in [1.82, 2.24) is 15.5 Å². The van der Waals surface area contributed by atoms with Crippen LogP contribution in [-0.2, 0) is 11.3 Å². The van der Waals surface area contributed by atoms with Gasteiger partial charge in [-0.15, -0.1) is 5.10 Å². The number of likely N-dealkylation sites (N-methyl/N-ethyl adjacent to an activating group) is 1. The molecule has 0 saturated carbocycles. The fourth-order valence-electron chi connectivity index (χ4n) is 1.32. The van der Waals surface area contributed by atoms with Crippen molar-refractivity contribution in [2.45, 2.75) is 13.5 Å². The molecule has 0 bridgehead atoms. The van der Waals surface area contributed by atoms with Crippen molar-refractivity contribution in [1.29, 1.82) is 0 Å². The normalized spacial score (nSPS) is 10.8. The molecule has 1 aromatic rings. The van der Waals surface area contributed by atoms with Crippen molar-refractivity contribution in [3.63, 3.8) is 0 Å². The molecule has 0 aliphatic rings. The summed E-state index contributed by atoms with van der Waals surface area (Å²) in [7, 11) is 1.65. The van der Waals surface area contributed by atoms with Gasteiger partial charge in [0.2, 0.25) is 5.89 Å². The summed E-state index contributed by atoms with van der Waals surface area (Å²) in [5.41, 5.74) is 0. The van der Waals surface area contributed by atoms with E-state index in [0.29, 0.717) is 31.6 Å². The molecule has 2 N–H and O–H groups in total. The van der Waals surface area contributed by atoms with E-state index in [-0.39, 0.29) is 6.61 Å². The first kappa shape index (κ1) is 13.9. The third-order valence-electron chi connectivity index (χ3n) is 2.24. The molecule has 1 rings (SSSR count). The van der Waals surface area contributed by atoms with Crippen molar-refractivity contribution >= 4 is 6.01 Å². The third kappa shape index (κ3) is 4.68. The maximum atomic E-state index is 8.88. The summed E-state index contributed by atoms with van der Waals surface area (Å²) in [5, 5.41) is 19.8. The Morgan fingerprint density at radius 2 is 2.29 bits per heavy atom. The van der Waals surface area contributed by atoms with E-state index in [1.807, 2.05) is 11.8 Å². The van der Waals surface area contributed by atoms with Crippen molar-refractivity contribution in [3.05, 3.63) is 5.89 Å². The number of hydrogen-bond donors (Lipinski definition) is 2. The van der Waals surface area contributed by atoms with Crippen molar-refractivity contribution in [3.8, 4) is 0 Å². The summed E-state index contributed by atoms with van der Waals surface area (Å²) >= 11 is 0. The van der Waals surface area contributed by atoms with Crippen LogP contribution in [0.2, 0.25) is 0 Å². The topological polar surface area (TPSA) is 83.7 Å². The summed E-state index contributed by atoms with van der Waals surface area (Å²) in [6.45, 7) is 5.16. The van der Waals surface area contributed by atoms with Crippen molar-refractivity contribution in [2.75, 3.05) is 44.9 Å². The molecule has 0 unspecified atom stereocenters. The number of ether oxygens (including phenoxy) is 1. The summed E-state index contributed by atoms with van der Waals surface area (Å²) < 4.78 is 10.4. The Morgan fingerprint density at radius 3 is 2.94 bits per heavy atom. The van der Waals surface area contributed by atoms with Gasteiger partial charge in [-0.2, -0.15) is 0 Å².